The summed E-state index contributed by atoms with van der Waals surface area (Å²) in [5.41, 5.74) is 4.39. The molecule has 1 amide bonds. The molecular weight excluding hydrogens is 294 g/mol. The fourth-order valence-electron chi connectivity index (χ4n) is 2.56. The molecule has 0 aromatic rings. The van der Waals surface area contributed by atoms with Gasteiger partial charge >= 0.3 is 0 Å². The van der Waals surface area contributed by atoms with E-state index in [4.69, 9.17) is 11.1 Å². The Morgan fingerprint density at radius 1 is 1.26 bits per heavy atom. The molecule has 1 unspecified atom stereocenters. The molecule has 134 valence electrons. The van der Waals surface area contributed by atoms with Crippen LogP contribution < -0.4 is 21.7 Å². The molecule has 0 heterocycles. The molecule has 0 bridgehead atoms. The minimum atomic E-state index is -0.823. The largest absolute Gasteiger partial charge is 0.370 e. The summed E-state index contributed by atoms with van der Waals surface area (Å²) in [6.07, 6.45) is 2.92. The molecule has 0 radical (unpaired) electrons. The minimum absolute atomic E-state index is 0.0277. The van der Waals surface area contributed by atoms with Crippen molar-refractivity contribution in [3.8, 4) is 0 Å². The van der Waals surface area contributed by atoms with Gasteiger partial charge in [-0.25, -0.2) is 0 Å². The smallest absolute Gasteiger partial charge is 0.237 e. The van der Waals surface area contributed by atoms with Crippen molar-refractivity contribution in [3.63, 3.8) is 0 Å². The number of carbonyl (C=O) groups is 2. The monoisotopic (exact) mass is 327 g/mol. The molecule has 6 N–H and O–H groups in total. The molecule has 23 heavy (non-hydrogen) atoms. The number of hydrogen-bond donors (Lipinski definition) is 5. The number of guanidine groups is 1. The van der Waals surface area contributed by atoms with Gasteiger partial charge in [-0.1, -0.05) is 13.8 Å². The lowest BCUT2D eigenvalue weighted by Gasteiger charge is -2.31. The lowest BCUT2D eigenvalue weighted by molar-refractivity contribution is -0.132. The number of unbranched alkanes of at least 4 members (excludes halogenated alkanes) is 1. The number of carbonyl (C=O) groups excluding carboxylic acids is 2. The molecule has 0 aromatic carbocycles. The maximum atomic E-state index is 12.5. The number of ketones is 1. The molecule has 0 aliphatic rings. The quantitative estimate of drug-likeness (QED) is 0.218. The summed E-state index contributed by atoms with van der Waals surface area (Å²) in [7, 11) is 1.74. The zero-order valence-corrected chi connectivity index (χ0v) is 15.1. The van der Waals surface area contributed by atoms with Crippen molar-refractivity contribution >= 4 is 17.6 Å². The molecule has 0 saturated heterocycles. The molecule has 0 aliphatic carbocycles. The summed E-state index contributed by atoms with van der Waals surface area (Å²) in [5.74, 6) is 0.0964. The highest BCUT2D eigenvalue weighted by molar-refractivity contribution is 5.92. The fourth-order valence-corrected chi connectivity index (χ4v) is 2.56. The van der Waals surface area contributed by atoms with E-state index in [1.54, 1.807) is 14.0 Å². The molecule has 0 aromatic heterocycles. The normalized spacial score (nSPS) is 14.9. The van der Waals surface area contributed by atoms with Crippen LogP contribution in [-0.2, 0) is 9.59 Å². The van der Waals surface area contributed by atoms with E-state index < -0.39 is 5.54 Å². The van der Waals surface area contributed by atoms with Gasteiger partial charge in [-0.3, -0.25) is 15.0 Å². The van der Waals surface area contributed by atoms with Gasteiger partial charge in [-0.15, -0.1) is 0 Å². The summed E-state index contributed by atoms with van der Waals surface area (Å²) >= 11 is 0. The maximum absolute atomic E-state index is 12.5. The Balaban J connectivity index is 4.51. The summed E-state index contributed by atoms with van der Waals surface area (Å²) in [6.45, 7) is 7.99. The van der Waals surface area contributed by atoms with Gasteiger partial charge < -0.3 is 21.7 Å². The predicted octanol–water partition coefficient (Wildman–Crippen LogP) is 0.738. The van der Waals surface area contributed by atoms with Crippen molar-refractivity contribution in [2.75, 3.05) is 13.6 Å². The van der Waals surface area contributed by atoms with Gasteiger partial charge in [0.15, 0.2) is 11.7 Å². The van der Waals surface area contributed by atoms with E-state index in [1.807, 2.05) is 13.8 Å². The Morgan fingerprint density at radius 2 is 1.87 bits per heavy atom. The lowest BCUT2D eigenvalue weighted by Crippen LogP contribution is -2.56. The Hall–Kier alpha value is -1.63. The summed E-state index contributed by atoms with van der Waals surface area (Å²) in [4.78, 5) is 24.4. The highest BCUT2D eigenvalue weighted by atomic mass is 16.2. The van der Waals surface area contributed by atoms with E-state index in [1.165, 1.54) is 6.92 Å². The van der Waals surface area contributed by atoms with Gasteiger partial charge in [0.2, 0.25) is 5.91 Å². The summed E-state index contributed by atoms with van der Waals surface area (Å²) in [5, 5.41) is 15.7. The molecule has 0 rings (SSSR count). The average Bonchev–Trinajstić information content (AvgIpc) is 2.41. The van der Waals surface area contributed by atoms with Crippen LogP contribution in [0, 0.1) is 11.3 Å². The highest BCUT2D eigenvalue weighted by Crippen LogP contribution is 2.18. The van der Waals surface area contributed by atoms with E-state index in [0.717, 1.165) is 12.8 Å². The van der Waals surface area contributed by atoms with Crippen LogP contribution in [0.3, 0.4) is 0 Å². The first-order chi connectivity index (χ1) is 10.6. The van der Waals surface area contributed by atoms with Crippen LogP contribution in [0.15, 0.2) is 0 Å². The van der Waals surface area contributed by atoms with E-state index >= 15 is 0 Å². The lowest BCUT2D eigenvalue weighted by atomic mass is 9.87. The predicted molar refractivity (Wildman–Crippen MR) is 93.3 cm³/mol. The molecule has 2 atom stereocenters. The van der Waals surface area contributed by atoms with Crippen LogP contribution in [-0.4, -0.2) is 42.8 Å². The van der Waals surface area contributed by atoms with Gasteiger partial charge in [-0.05, 0) is 52.5 Å². The fraction of sp³-hybridized carbons (Fsp3) is 0.812. The third-order valence-electron chi connectivity index (χ3n) is 3.89. The second-order valence-electron chi connectivity index (χ2n) is 6.65. The maximum Gasteiger partial charge on any atom is 0.237 e. The van der Waals surface area contributed by atoms with E-state index in [9.17, 15) is 9.59 Å². The van der Waals surface area contributed by atoms with Crippen LogP contribution in [0.25, 0.3) is 0 Å². The first-order valence-corrected chi connectivity index (χ1v) is 8.20. The third-order valence-corrected chi connectivity index (χ3v) is 3.89. The number of Topliss-reactive ketones (excluding diaryl/α,β-unsaturated/α-hetero) is 1. The highest BCUT2D eigenvalue weighted by Gasteiger charge is 2.34. The number of amides is 1. The summed E-state index contributed by atoms with van der Waals surface area (Å²) in [6, 6.07) is -0.335. The van der Waals surface area contributed by atoms with E-state index in [-0.39, 0.29) is 23.7 Å². The molecular formula is C16H33N5O2. The first-order valence-electron chi connectivity index (χ1n) is 8.20. The van der Waals surface area contributed by atoms with Crippen LogP contribution in [0.4, 0.5) is 0 Å². The second kappa shape index (κ2) is 10.2. The number of likely N-dealkylation sites (N-methyl/N-ethyl adjacent to an activating group) is 1. The van der Waals surface area contributed by atoms with Crippen molar-refractivity contribution in [1.29, 1.82) is 5.41 Å². The van der Waals surface area contributed by atoms with Crippen LogP contribution in [0.5, 0.6) is 0 Å². The van der Waals surface area contributed by atoms with E-state index in [2.05, 4.69) is 16.0 Å². The van der Waals surface area contributed by atoms with Crippen molar-refractivity contribution in [3.05, 3.63) is 0 Å². The number of nitrogens with two attached hydrogens (primary N) is 1. The molecule has 0 spiro atoms. The topological polar surface area (TPSA) is 120 Å². The van der Waals surface area contributed by atoms with Crippen molar-refractivity contribution in [2.24, 2.45) is 11.7 Å². The Labute approximate surface area is 139 Å². The second-order valence-corrected chi connectivity index (χ2v) is 6.65. The van der Waals surface area contributed by atoms with Crippen molar-refractivity contribution < 1.29 is 9.59 Å². The van der Waals surface area contributed by atoms with Crippen molar-refractivity contribution in [1.82, 2.24) is 16.0 Å². The van der Waals surface area contributed by atoms with Gasteiger partial charge in [0.1, 0.15) is 0 Å². The Bertz CT molecular complexity index is 411. The summed E-state index contributed by atoms with van der Waals surface area (Å²) < 4.78 is 0. The van der Waals surface area contributed by atoms with Crippen LogP contribution in [0.1, 0.15) is 53.4 Å². The number of rotatable bonds is 11. The van der Waals surface area contributed by atoms with Gasteiger partial charge in [0.25, 0.3) is 0 Å². The Kier molecular flexibility index (Phi) is 9.48. The molecule has 0 aliphatic heterocycles. The number of nitrogens with one attached hydrogen (secondary N) is 4. The van der Waals surface area contributed by atoms with Gasteiger partial charge in [-0.2, -0.15) is 0 Å². The average molecular weight is 327 g/mol. The van der Waals surface area contributed by atoms with Gasteiger partial charge in [0, 0.05) is 6.54 Å². The number of hydrogen-bond acceptors (Lipinski definition) is 4. The molecule has 0 fully saturated rings. The first kappa shape index (κ1) is 21.4. The molecule has 7 nitrogen and oxygen atoms in total. The molecule has 7 heteroatoms. The zero-order chi connectivity index (χ0) is 18.0. The zero-order valence-electron chi connectivity index (χ0n) is 15.1. The van der Waals surface area contributed by atoms with Gasteiger partial charge in [0.05, 0.1) is 11.6 Å². The standard InChI is InChI=1S/C16H33N5O2/c1-11(2)10-16(4,12(3)22)21-14(23)13(19-5)8-6-7-9-20-15(17)18/h11,13,19H,6-10H2,1-5H3,(H,21,23)(H4,17,18,20)/t13-,16?/m0/s1. The molecule has 0 saturated carbocycles. The Morgan fingerprint density at radius 3 is 2.30 bits per heavy atom. The third kappa shape index (κ3) is 8.54. The van der Waals surface area contributed by atoms with Crippen molar-refractivity contribution in [2.45, 2.75) is 65.0 Å². The van der Waals surface area contributed by atoms with E-state index in [0.29, 0.717) is 25.3 Å². The van der Waals surface area contributed by atoms with Crippen LogP contribution >= 0.6 is 0 Å². The van der Waals surface area contributed by atoms with Crippen LogP contribution in [0.2, 0.25) is 0 Å². The SMILES string of the molecule is CN[C@@H](CCCCNC(=N)N)C(=O)NC(C)(CC(C)C)C(C)=O. The minimum Gasteiger partial charge on any atom is -0.370 e.